The van der Waals surface area contributed by atoms with Crippen molar-refractivity contribution in [1.82, 2.24) is 14.5 Å². The molecule has 0 aromatic carbocycles. The van der Waals surface area contributed by atoms with Crippen molar-refractivity contribution in [3.63, 3.8) is 0 Å². The highest BCUT2D eigenvalue weighted by Gasteiger charge is 2.10. The summed E-state index contributed by atoms with van der Waals surface area (Å²) >= 11 is 1.50. The average Bonchev–Trinajstić information content (AvgIpc) is 3.27. The molecule has 0 saturated heterocycles. The van der Waals surface area contributed by atoms with Crippen LogP contribution < -0.4 is 5.73 Å². The third kappa shape index (κ3) is 3.59. The molecule has 0 aliphatic rings. The summed E-state index contributed by atoms with van der Waals surface area (Å²) in [6, 6.07) is 3.70. The second kappa shape index (κ2) is 6.66. The lowest BCUT2D eigenvalue weighted by Crippen LogP contribution is -2.24. The zero-order valence-electron chi connectivity index (χ0n) is 12.8. The predicted octanol–water partition coefficient (Wildman–Crippen LogP) is 2.96. The Bertz CT molecular complexity index is 791. The van der Waals surface area contributed by atoms with E-state index in [9.17, 15) is 0 Å². The number of amidine groups is 1. The number of rotatable bonds is 6. The van der Waals surface area contributed by atoms with Crippen molar-refractivity contribution in [3.05, 3.63) is 47.7 Å². The van der Waals surface area contributed by atoms with E-state index in [0.29, 0.717) is 5.84 Å². The molecule has 0 fully saturated rings. The van der Waals surface area contributed by atoms with Crippen molar-refractivity contribution >= 4 is 17.2 Å². The normalized spacial score (nSPS) is 13.2. The molecule has 23 heavy (non-hydrogen) atoms. The van der Waals surface area contributed by atoms with Crippen molar-refractivity contribution in [2.45, 2.75) is 26.5 Å². The van der Waals surface area contributed by atoms with E-state index in [0.717, 1.165) is 22.2 Å². The smallest absolute Gasteiger partial charge is 0.162 e. The van der Waals surface area contributed by atoms with Gasteiger partial charge < -0.3 is 19.6 Å². The first-order valence-corrected chi connectivity index (χ1v) is 7.95. The van der Waals surface area contributed by atoms with Gasteiger partial charge in [-0.15, -0.1) is 11.3 Å². The van der Waals surface area contributed by atoms with Crippen LogP contribution in [0.1, 0.15) is 24.4 Å². The summed E-state index contributed by atoms with van der Waals surface area (Å²) in [7, 11) is 0. The molecule has 3 aromatic heterocycles. The molecule has 0 unspecified atom stereocenters. The maximum absolute atomic E-state index is 5.92. The molecule has 7 nitrogen and oxygen atoms in total. The Kier molecular flexibility index (Phi) is 4.42. The van der Waals surface area contributed by atoms with E-state index in [4.69, 9.17) is 15.0 Å². The van der Waals surface area contributed by atoms with Crippen molar-refractivity contribution in [2.75, 3.05) is 0 Å². The fourth-order valence-corrected chi connectivity index (χ4v) is 2.70. The molecule has 3 rings (SSSR count). The van der Waals surface area contributed by atoms with Crippen LogP contribution in [0.3, 0.4) is 0 Å². The molecule has 0 amide bonds. The lowest BCUT2D eigenvalue weighted by Gasteiger charge is -2.11. The van der Waals surface area contributed by atoms with Gasteiger partial charge in [0.15, 0.2) is 23.2 Å². The lowest BCUT2D eigenvalue weighted by molar-refractivity contribution is 0.126. The van der Waals surface area contributed by atoms with Gasteiger partial charge in [-0.1, -0.05) is 5.16 Å². The molecule has 0 aliphatic carbocycles. The van der Waals surface area contributed by atoms with Gasteiger partial charge in [0.1, 0.15) is 5.76 Å². The van der Waals surface area contributed by atoms with Crippen LogP contribution in [0.5, 0.6) is 0 Å². The minimum atomic E-state index is -0.116. The number of oxime groups is 1. The number of thiazole rings is 1. The Balaban J connectivity index is 1.58. The van der Waals surface area contributed by atoms with Crippen LogP contribution in [0.15, 0.2) is 45.8 Å². The van der Waals surface area contributed by atoms with E-state index in [2.05, 4.69) is 15.1 Å². The summed E-state index contributed by atoms with van der Waals surface area (Å²) in [6.45, 7) is 4.08. The zero-order chi connectivity index (χ0) is 16.2. The predicted molar refractivity (Wildman–Crippen MR) is 87.9 cm³/mol. The van der Waals surface area contributed by atoms with Gasteiger partial charge >= 0.3 is 0 Å². The molecule has 0 bridgehead atoms. The summed E-state index contributed by atoms with van der Waals surface area (Å²) in [5.74, 6) is 1.99. The Morgan fingerprint density at radius 3 is 3.09 bits per heavy atom. The fraction of sp³-hybridized carbons (Fsp3) is 0.267. The van der Waals surface area contributed by atoms with E-state index in [-0.39, 0.29) is 12.6 Å². The van der Waals surface area contributed by atoms with Gasteiger partial charge in [-0.25, -0.2) is 9.97 Å². The third-order valence-electron chi connectivity index (χ3n) is 3.29. The number of hydrogen-bond acceptors (Lipinski definition) is 6. The van der Waals surface area contributed by atoms with Gasteiger partial charge in [-0.3, -0.25) is 0 Å². The Morgan fingerprint density at radius 2 is 2.39 bits per heavy atom. The van der Waals surface area contributed by atoms with E-state index in [1.54, 1.807) is 12.5 Å². The highest BCUT2D eigenvalue weighted by atomic mass is 32.1. The minimum Gasteiger partial charge on any atom is -0.459 e. The number of nitrogens with two attached hydrogens (primary N) is 1. The Morgan fingerprint density at radius 1 is 1.52 bits per heavy atom. The third-order valence-corrected chi connectivity index (χ3v) is 4.19. The van der Waals surface area contributed by atoms with Crippen LogP contribution in [0.4, 0.5) is 0 Å². The van der Waals surface area contributed by atoms with E-state index in [1.807, 2.05) is 42.1 Å². The molecular formula is C15H17N5O2S. The highest BCUT2D eigenvalue weighted by molar-refractivity contribution is 7.13. The van der Waals surface area contributed by atoms with Crippen molar-refractivity contribution in [1.29, 1.82) is 0 Å². The quantitative estimate of drug-likeness (QED) is 0.426. The van der Waals surface area contributed by atoms with Gasteiger partial charge in [0, 0.05) is 17.8 Å². The largest absolute Gasteiger partial charge is 0.459 e. The van der Waals surface area contributed by atoms with Gasteiger partial charge in [0.05, 0.1) is 18.1 Å². The molecule has 3 heterocycles. The lowest BCUT2D eigenvalue weighted by atomic mass is 10.3. The van der Waals surface area contributed by atoms with Crippen molar-refractivity contribution < 1.29 is 9.25 Å². The molecule has 2 N–H and O–H groups in total. The monoisotopic (exact) mass is 331 g/mol. The van der Waals surface area contributed by atoms with Crippen LogP contribution >= 0.6 is 11.3 Å². The van der Waals surface area contributed by atoms with E-state index >= 15 is 0 Å². The Hall–Kier alpha value is -2.61. The second-order valence-electron chi connectivity index (χ2n) is 5.03. The topological polar surface area (TPSA) is 91.5 Å². The summed E-state index contributed by atoms with van der Waals surface area (Å²) < 4.78 is 7.40. The molecule has 0 spiro atoms. The maximum Gasteiger partial charge on any atom is 0.162 e. The molecular weight excluding hydrogens is 314 g/mol. The van der Waals surface area contributed by atoms with Crippen molar-refractivity contribution in [2.24, 2.45) is 10.9 Å². The maximum atomic E-state index is 5.92. The molecule has 1 atom stereocenters. The van der Waals surface area contributed by atoms with E-state index in [1.165, 1.54) is 11.3 Å². The number of nitrogens with zero attached hydrogens (tertiary/aromatic N) is 4. The fourth-order valence-electron chi connectivity index (χ4n) is 1.94. The molecule has 0 radical (unpaired) electrons. The first kappa shape index (κ1) is 15.3. The van der Waals surface area contributed by atoms with Gasteiger partial charge in [-0.05, 0) is 26.0 Å². The van der Waals surface area contributed by atoms with Crippen LogP contribution in [0.2, 0.25) is 0 Å². The number of furan rings is 1. The second-order valence-corrected chi connectivity index (χ2v) is 5.89. The van der Waals surface area contributed by atoms with Gasteiger partial charge in [0.25, 0.3) is 0 Å². The summed E-state index contributed by atoms with van der Waals surface area (Å²) in [5, 5.41) is 6.68. The summed E-state index contributed by atoms with van der Waals surface area (Å²) in [4.78, 5) is 13.7. The standard InChI is InChI=1S/C15H17N5O2S/c1-10-3-4-13(22-10)15-18-12(8-23-15)7-21-19-14(16)11(2)20-6-5-17-9-20/h3-6,8-9,11H,7H2,1-2H3,(H2,16,19)/t11-/m0/s1. The number of aryl methyl sites for hydroxylation is 1. The first-order valence-electron chi connectivity index (χ1n) is 7.07. The average molecular weight is 331 g/mol. The number of imidazole rings is 1. The van der Waals surface area contributed by atoms with Gasteiger partial charge in [0.2, 0.25) is 0 Å². The molecule has 0 aliphatic heterocycles. The zero-order valence-corrected chi connectivity index (χ0v) is 13.7. The summed E-state index contributed by atoms with van der Waals surface area (Å²) in [6.07, 6.45) is 5.20. The Labute approximate surface area is 137 Å². The minimum absolute atomic E-state index is 0.116. The first-order chi connectivity index (χ1) is 11.1. The molecule has 3 aromatic rings. The van der Waals surface area contributed by atoms with Crippen LogP contribution in [-0.2, 0) is 11.4 Å². The summed E-state index contributed by atoms with van der Waals surface area (Å²) in [5.41, 5.74) is 6.70. The number of hydrogen-bond donors (Lipinski definition) is 1. The molecule has 120 valence electrons. The highest BCUT2D eigenvalue weighted by Crippen LogP contribution is 2.25. The SMILES string of the molecule is Cc1ccc(-c2nc(CO/N=C(/N)[C@H](C)n3ccnc3)cs2)o1. The van der Waals surface area contributed by atoms with Crippen LogP contribution in [0.25, 0.3) is 10.8 Å². The van der Waals surface area contributed by atoms with Crippen molar-refractivity contribution in [3.8, 4) is 10.8 Å². The van der Waals surface area contributed by atoms with Crippen LogP contribution in [-0.4, -0.2) is 20.4 Å². The molecule has 8 heteroatoms. The van der Waals surface area contributed by atoms with Crippen LogP contribution in [0, 0.1) is 6.92 Å². The van der Waals surface area contributed by atoms with Gasteiger partial charge in [-0.2, -0.15) is 0 Å². The van der Waals surface area contributed by atoms with E-state index < -0.39 is 0 Å². The number of aromatic nitrogens is 3. The molecule has 0 saturated carbocycles.